The van der Waals surface area contributed by atoms with Gasteiger partial charge in [-0.2, -0.15) is 13.2 Å². The van der Waals surface area contributed by atoms with Crippen molar-refractivity contribution in [2.75, 3.05) is 0 Å². The number of benzene rings is 1. The summed E-state index contributed by atoms with van der Waals surface area (Å²) in [4.78, 5) is 11.9. The van der Waals surface area contributed by atoms with Gasteiger partial charge in [0.2, 0.25) is 5.91 Å². The number of halogens is 3. The number of hydrogen-bond donors (Lipinski definition) is 1. The Balaban J connectivity index is 2.77. The van der Waals surface area contributed by atoms with Crippen LogP contribution in [0.25, 0.3) is 0 Å². The van der Waals surface area contributed by atoms with E-state index in [9.17, 15) is 18.0 Å². The van der Waals surface area contributed by atoms with E-state index in [2.05, 4.69) is 5.32 Å². The molecule has 0 aliphatic heterocycles. The number of amides is 1. The molecule has 1 rings (SSSR count). The molecule has 112 valence electrons. The Morgan fingerprint density at radius 3 is 2.30 bits per heavy atom. The number of carbonyl (C=O) groups excluding carboxylic acids is 1. The molecule has 0 saturated heterocycles. The minimum Gasteiger partial charge on any atom is -0.351 e. The van der Waals surface area contributed by atoms with Gasteiger partial charge < -0.3 is 5.32 Å². The highest BCUT2D eigenvalue weighted by Crippen LogP contribution is 2.29. The number of nitrogens with one attached hydrogen (secondary N) is 1. The maximum atomic E-state index is 12.6. The van der Waals surface area contributed by atoms with Gasteiger partial charge in [0.25, 0.3) is 0 Å². The molecule has 0 heterocycles. The zero-order chi connectivity index (χ0) is 15.4. The maximum absolute atomic E-state index is 12.6. The molecule has 1 amide bonds. The van der Waals surface area contributed by atoms with Gasteiger partial charge in [0, 0.05) is 5.54 Å². The molecule has 0 bridgehead atoms. The average molecular weight is 287 g/mol. The van der Waals surface area contributed by atoms with Crippen molar-refractivity contribution in [3.05, 3.63) is 35.4 Å². The third-order valence-corrected chi connectivity index (χ3v) is 3.62. The van der Waals surface area contributed by atoms with Crippen LogP contribution in [0.1, 0.15) is 44.7 Å². The highest BCUT2D eigenvalue weighted by atomic mass is 19.4. The molecule has 0 unspecified atom stereocenters. The van der Waals surface area contributed by atoms with Crippen LogP contribution in [0.4, 0.5) is 13.2 Å². The number of rotatable bonds is 5. The van der Waals surface area contributed by atoms with E-state index in [1.54, 1.807) is 0 Å². The molecule has 1 N–H and O–H groups in total. The standard InChI is InChI=1S/C15H20F3NO/c1-4-14(3,5-2)19-13(20)10-11-7-6-8-12(9-11)15(16,17)18/h6-9H,4-5,10H2,1-3H3,(H,19,20). The average Bonchev–Trinajstić information content (AvgIpc) is 2.37. The van der Waals surface area contributed by atoms with Gasteiger partial charge in [0.1, 0.15) is 0 Å². The third kappa shape index (κ3) is 4.54. The third-order valence-electron chi connectivity index (χ3n) is 3.62. The van der Waals surface area contributed by atoms with Crippen molar-refractivity contribution < 1.29 is 18.0 Å². The molecule has 2 nitrogen and oxygen atoms in total. The molecule has 20 heavy (non-hydrogen) atoms. The summed E-state index contributed by atoms with van der Waals surface area (Å²) in [5.41, 5.74) is -0.665. The predicted octanol–water partition coefficient (Wildman–Crippen LogP) is 3.94. The molecule has 0 saturated carbocycles. The van der Waals surface area contributed by atoms with Crippen molar-refractivity contribution in [3.8, 4) is 0 Å². The van der Waals surface area contributed by atoms with E-state index in [-0.39, 0.29) is 17.9 Å². The SMILES string of the molecule is CCC(C)(CC)NC(=O)Cc1cccc(C(F)(F)F)c1. The number of carbonyl (C=O) groups is 1. The number of hydrogen-bond acceptors (Lipinski definition) is 1. The van der Waals surface area contributed by atoms with Crippen molar-refractivity contribution in [3.63, 3.8) is 0 Å². The van der Waals surface area contributed by atoms with Crippen molar-refractivity contribution in [1.29, 1.82) is 0 Å². The lowest BCUT2D eigenvalue weighted by atomic mass is 9.95. The Labute approximate surface area is 117 Å². The van der Waals surface area contributed by atoms with Gasteiger partial charge in [0.15, 0.2) is 0 Å². The molecular formula is C15H20F3NO. The first-order valence-corrected chi connectivity index (χ1v) is 6.67. The Bertz CT molecular complexity index is 464. The van der Waals surface area contributed by atoms with Crippen LogP contribution in [0.2, 0.25) is 0 Å². The normalized spacial score (nSPS) is 12.3. The second-order valence-corrected chi connectivity index (χ2v) is 5.19. The van der Waals surface area contributed by atoms with E-state index in [4.69, 9.17) is 0 Å². The van der Waals surface area contributed by atoms with Crippen LogP contribution in [0.3, 0.4) is 0 Å². The fourth-order valence-corrected chi connectivity index (χ4v) is 1.85. The van der Waals surface area contributed by atoms with Crippen LogP contribution >= 0.6 is 0 Å². The molecule has 0 radical (unpaired) electrons. The molecule has 0 aromatic heterocycles. The van der Waals surface area contributed by atoms with Gasteiger partial charge in [-0.25, -0.2) is 0 Å². The zero-order valence-electron chi connectivity index (χ0n) is 12.0. The van der Waals surface area contributed by atoms with E-state index in [0.717, 1.165) is 25.0 Å². The van der Waals surface area contributed by atoms with Crippen LogP contribution in [0.15, 0.2) is 24.3 Å². The first-order valence-electron chi connectivity index (χ1n) is 6.67. The van der Waals surface area contributed by atoms with Gasteiger partial charge >= 0.3 is 6.18 Å². The second kappa shape index (κ2) is 6.29. The lowest BCUT2D eigenvalue weighted by Crippen LogP contribution is -2.45. The minimum absolute atomic E-state index is 0.0422. The first-order chi connectivity index (χ1) is 9.20. The molecule has 1 aromatic carbocycles. The molecular weight excluding hydrogens is 267 g/mol. The predicted molar refractivity (Wildman–Crippen MR) is 72.3 cm³/mol. The summed E-state index contributed by atoms with van der Waals surface area (Å²) in [6.07, 6.45) is -2.87. The summed E-state index contributed by atoms with van der Waals surface area (Å²) in [6.45, 7) is 5.86. The molecule has 0 atom stereocenters. The van der Waals surface area contributed by atoms with Crippen molar-refractivity contribution in [1.82, 2.24) is 5.32 Å². The summed E-state index contributed by atoms with van der Waals surface area (Å²) < 4.78 is 37.8. The summed E-state index contributed by atoms with van der Waals surface area (Å²) in [5, 5.41) is 2.88. The van der Waals surface area contributed by atoms with Crippen LogP contribution < -0.4 is 5.32 Å². The van der Waals surface area contributed by atoms with Crippen molar-refractivity contribution in [2.24, 2.45) is 0 Å². The van der Waals surface area contributed by atoms with E-state index < -0.39 is 11.7 Å². The van der Waals surface area contributed by atoms with Crippen LogP contribution in [-0.2, 0) is 17.4 Å². The van der Waals surface area contributed by atoms with Crippen molar-refractivity contribution >= 4 is 5.91 Å². The maximum Gasteiger partial charge on any atom is 0.416 e. The van der Waals surface area contributed by atoms with Crippen LogP contribution in [0, 0.1) is 0 Å². The fourth-order valence-electron chi connectivity index (χ4n) is 1.85. The fraction of sp³-hybridized carbons (Fsp3) is 0.533. The van der Waals surface area contributed by atoms with Gasteiger partial charge in [-0.15, -0.1) is 0 Å². The topological polar surface area (TPSA) is 29.1 Å². The van der Waals surface area contributed by atoms with Gasteiger partial charge in [-0.1, -0.05) is 32.0 Å². The molecule has 0 aliphatic carbocycles. The highest BCUT2D eigenvalue weighted by Gasteiger charge is 2.30. The quantitative estimate of drug-likeness (QED) is 0.873. The summed E-state index contributed by atoms with van der Waals surface area (Å²) in [7, 11) is 0. The molecule has 0 spiro atoms. The molecule has 1 aromatic rings. The van der Waals surface area contributed by atoms with Gasteiger partial charge in [-0.3, -0.25) is 4.79 Å². The smallest absolute Gasteiger partial charge is 0.351 e. The summed E-state index contributed by atoms with van der Waals surface area (Å²) in [5.74, 6) is -0.254. The molecule has 0 aliphatic rings. The largest absolute Gasteiger partial charge is 0.416 e. The Morgan fingerprint density at radius 1 is 1.20 bits per heavy atom. The van der Waals surface area contributed by atoms with Gasteiger partial charge in [-0.05, 0) is 31.4 Å². The summed E-state index contributed by atoms with van der Waals surface area (Å²) >= 11 is 0. The Hall–Kier alpha value is -1.52. The Kier molecular flexibility index (Phi) is 5.20. The van der Waals surface area contributed by atoms with Gasteiger partial charge in [0.05, 0.1) is 12.0 Å². The highest BCUT2D eigenvalue weighted by molar-refractivity contribution is 5.79. The minimum atomic E-state index is -4.38. The van der Waals surface area contributed by atoms with Crippen molar-refractivity contribution in [2.45, 2.75) is 51.7 Å². The zero-order valence-corrected chi connectivity index (χ0v) is 12.0. The first kappa shape index (κ1) is 16.5. The van der Waals surface area contributed by atoms with E-state index in [1.807, 2.05) is 20.8 Å². The summed E-state index contributed by atoms with van der Waals surface area (Å²) in [6, 6.07) is 4.88. The second-order valence-electron chi connectivity index (χ2n) is 5.19. The Morgan fingerprint density at radius 2 is 1.80 bits per heavy atom. The lowest BCUT2D eigenvalue weighted by Gasteiger charge is -2.28. The van der Waals surface area contributed by atoms with Crippen LogP contribution in [-0.4, -0.2) is 11.4 Å². The number of alkyl halides is 3. The molecule has 5 heteroatoms. The van der Waals surface area contributed by atoms with E-state index in [0.29, 0.717) is 5.56 Å². The van der Waals surface area contributed by atoms with E-state index in [1.165, 1.54) is 12.1 Å². The van der Waals surface area contributed by atoms with E-state index >= 15 is 0 Å². The molecule has 0 fully saturated rings. The monoisotopic (exact) mass is 287 g/mol. The van der Waals surface area contributed by atoms with Crippen LogP contribution in [0.5, 0.6) is 0 Å². The lowest BCUT2D eigenvalue weighted by molar-refractivity contribution is -0.137.